The quantitative estimate of drug-likeness (QED) is 0.794. The number of hydrogen-bond acceptors (Lipinski definition) is 3. The van der Waals surface area contributed by atoms with Crippen LogP contribution in [-0.2, 0) is 16.1 Å². The minimum atomic E-state index is -0.570. The molecule has 0 radical (unpaired) electrons. The van der Waals surface area contributed by atoms with E-state index >= 15 is 0 Å². The van der Waals surface area contributed by atoms with E-state index in [9.17, 15) is 9.59 Å². The Morgan fingerprint density at radius 3 is 2.48 bits per heavy atom. The molecule has 1 aromatic rings. The van der Waals surface area contributed by atoms with Crippen LogP contribution in [-0.4, -0.2) is 29.0 Å². The van der Waals surface area contributed by atoms with Crippen molar-refractivity contribution in [3.05, 3.63) is 29.8 Å². The van der Waals surface area contributed by atoms with Gasteiger partial charge in [-0.2, -0.15) is 0 Å². The van der Waals surface area contributed by atoms with Crippen LogP contribution >= 0.6 is 0 Å². The van der Waals surface area contributed by atoms with E-state index in [0.29, 0.717) is 6.54 Å². The first-order valence-corrected chi connectivity index (χ1v) is 7.21. The number of carbonyl (C=O) groups excluding carboxylic acids is 2. The zero-order valence-electron chi connectivity index (χ0n) is 13.4. The summed E-state index contributed by atoms with van der Waals surface area (Å²) in [5.41, 5.74) is 1.08. The van der Waals surface area contributed by atoms with Crippen LogP contribution in [0.25, 0.3) is 0 Å². The third-order valence-corrected chi connectivity index (χ3v) is 2.64. The molecule has 0 saturated heterocycles. The van der Waals surface area contributed by atoms with Gasteiger partial charge in [0, 0.05) is 7.11 Å². The van der Waals surface area contributed by atoms with Gasteiger partial charge in [0.1, 0.15) is 12.1 Å². The van der Waals surface area contributed by atoms with E-state index < -0.39 is 11.7 Å². The van der Waals surface area contributed by atoms with E-state index in [4.69, 9.17) is 4.74 Å². The van der Waals surface area contributed by atoms with Crippen molar-refractivity contribution >= 4 is 17.7 Å². The highest BCUT2D eigenvalue weighted by Gasteiger charge is 2.27. The van der Waals surface area contributed by atoms with Gasteiger partial charge in [-0.15, -0.1) is 0 Å². The average Bonchev–Trinajstić information content (AvgIpc) is 2.57. The van der Waals surface area contributed by atoms with Crippen molar-refractivity contribution < 1.29 is 15.8 Å². The summed E-state index contributed by atoms with van der Waals surface area (Å²) in [5.74, 6) is -0.212. The number of nitrogens with one attached hydrogen (secondary N) is 1. The lowest BCUT2D eigenvalue weighted by molar-refractivity contribution is -0.117. The fraction of sp³-hybridized carbons (Fsp3) is 0.500. The molecule has 0 unspecified atom stereocenters. The predicted molar refractivity (Wildman–Crippen MR) is 85.2 cm³/mol. The van der Waals surface area contributed by atoms with Gasteiger partial charge in [-0.25, -0.2) is 4.79 Å². The van der Waals surface area contributed by atoms with Crippen LogP contribution in [0.5, 0.6) is 0 Å². The zero-order valence-corrected chi connectivity index (χ0v) is 13.4. The molecule has 118 valence electrons. The summed E-state index contributed by atoms with van der Waals surface area (Å²) in [6.45, 7) is 9.78. The molecule has 1 aliphatic heterocycles. The molecule has 0 saturated carbocycles. The molecular weight excluding hydrogens is 268 g/mol. The number of benzene rings is 1. The smallest absolute Gasteiger partial charge is 0.411 e. The standard InChI is InChI=1S/C14H18N2O3.C2H6.H2/c1-14(2,3)19-13(18)16-8-10-6-4-5-7-11(10)15-12(17)9-16;1-2;/h4-7H,8-9H2,1-3H3,(H,15,17);1-2H3;1H. The first-order chi connectivity index (χ1) is 9.85. The number of hydrogen-bond donors (Lipinski definition) is 1. The topological polar surface area (TPSA) is 58.6 Å². The molecule has 0 bridgehead atoms. The maximum atomic E-state index is 12.0. The molecule has 1 N–H and O–H groups in total. The molecule has 0 fully saturated rings. The summed E-state index contributed by atoms with van der Waals surface area (Å²) in [6.07, 6.45) is -0.473. The molecule has 5 nitrogen and oxygen atoms in total. The average molecular weight is 294 g/mol. The Balaban J connectivity index is 0.00000141. The monoisotopic (exact) mass is 294 g/mol. The van der Waals surface area contributed by atoms with E-state index in [1.165, 1.54) is 4.90 Å². The highest BCUT2D eigenvalue weighted by molar-refractivity contribution is 5.95. The number of ether oxygens (including phenoxy) is 1. The number of rotatable bonds is 0. The first-order valence-electron chi connectivity index (χ1n) is 7.21. The number of nitrogens with zero attached hydrogens (tertiary/aromatic N) is 1. The van der Waals surface area contributed by atoms with Gasteiger partial charge in [-0.05, 0) is 32.4 Å². The number of anilines is 1. The summed E-state index contributed by atoms with van der Waals surface area (Å²) < 4.78 is 5.30. The third-order valence-electron chi connectivity index (χ3n) is 2.64. The first kappa shape index (κ1) is 17.0. The molecule has 1 heterocycles. The summed E-state index contributed by atoms with van der Waals surface area (Å²) in [7, 11) is 0. The number of para-hydroxylation sites is 1. The molecule has 2 rings (SSSR count). The second-order valence-corrected chi connectivity index (χ2v) is 5.54. The Morgan fingerprint density at radius 2 is 1.86 bits per heavy atom. The predicted octanol–water partition coefficient (Wildman–Crippen LogP) is 3.65. The van der Waals surface area contributed by atoms with Gasteiger partial charge in [0.15, 0.2) is 0 Å². The van der Waals surface area contributed by atoms with Crippen LogP contribution in [0.1, 0.15) is 41.6 Å². The second kappa shape index (κ2) is 7.11. The van der Waals surface area contributed by atoms with Gasteiger partial charge in [0.2, 0.25) is 5.91 Å². The Labute approximate surface area is 127 Å². The van der Waals surface area contributed by atoms with Crippen molar-refractivity contribution in [1.29, 1.82) is 0 Å². The minimum Gasteiger partial charge on any atom is -0.444 e. The largest absolute Gasteiger partial charge is 0.444 e. The third kappa shape index (κ3) is 5.10. The normalized spacial score (nSPS) is 14.1. The summed E-state index contributed by atoms with van der Waals surface area (Å²) in [6, 6.07) is 7.44. The van der Waals surface area contributed by atoms with Crippen molar-refractivity contribution in [3.8, 4) is 0 Å². The van der Waals surface area contributed by atoms with Crippen LogP contribution < -0.4 is 5.32 Å². The number of fused-ring (bicyclic) bond motifs is 1. The van der Waals surface area contributed by atoms with Crippen LogP contribution in [0.3, 0.4) is 0 Å². The highest BCUT2D eigenvalue weighted by Crippen LogP contribution is 2.21. The van der Waals surface area contributed by atoms with Gasteiger partial charge in [-0.3, -0.25) is 9.69 Å². The summed E-state index contributed by atoms with van der Waals surface area (Å²) >= 11 is 0. The molecule has 0 aliphatic carbocycles. The number of amides is 2. The van der Waals surface area contributed by atoms with Gasteiger partial charge in [0.05, 0.1) is 6.54 Å². The lowest BCUT2D eigenvalue weighted by Crippen LogP contribution is -2.39. The summed E-state index contributed by atoms with van der Waals surface area (Å²) in [5, 5.41) is 2.78. The Morgan fingerprint density at radius 1 is 1.24 bits per heavy atom. The molecule has 1 aliphatic rings. The zero-order chi connectivity index (χ0) is 16.0. The van der Waals surface area contributed by atoms with E-state index in [-0.39, 0.29) is 13.9 Å². The Bertz CT molecular complexity index is 512. The van der Waals surface area contributed by atoms with Gasteiger partial charge in [0.25, 0.3) is 0 Å². The molecule has 2 amide bonds. The fourth-order valence-corrected chi connectivity index (χ4v) is 1.86. The van der Waals surface area contributed by atoms with Crippen molar-refractivity contribution in [2.24, 2.45) is 0 Å². The summed E-state index contributed by atoms with van der Waals surface area (Å²) in [4.78, 5) is 25.2. The maximum absolute atomic E-state index is 12.0. The van der Waals surface area contributed by atoms with Crippen LogP contribution in [0, 0.1) is 0 Å². The molecular formula is C16H26N2O3. The van der Waals surface area contributed by atoms with Gasteiger partial charge in [-0.1, -0.05) is 32.0 Å². The highest BCUT2D eigenvalue weighted by atomic mass is 16.6. The lowest BCUT2D eigenvalue weighted by atomic mass is 10.2. The van der Waals surface area contributed by atoms with E-state index in [1.54, 1.807) is 20.8 Å². The fourth-order valence-electron chi connectivity index (χ4n) is 1.86. The number of carbonyl (C=O) groups is 2. The van der Waals surface area contributed by atoms with Crippen molar-refractivity contribution in [3.63, 3.8) is 0 Å². The lowest BCUT2D eigenvalue weighted by Gasteiger charge is -2.25. The Kier molecular flexibility index (Phi) is 5.76. The molecule has 5 heteroatoms. The van der Waals surface area contributed by atoms with Gasteiger partial charge < -0.3 is 10.1 Å². The molecule has 21 heavy (non-hydrogen) atoms. The second-order valence-electron chi connectivity index (χ2n) is 5.54. The molecule has 0 spiro atoms. The van der Waals surface area contributed by atoms with Crippen molar-refractivity contribution in [2.75, 3.05) is 11.9 Å². The van der Waals surface area contributed by atoms with Crippen molar-refractivity contribution in [1.82, 2.24) is 4.90 Å². The molecule has 0 atom stereocenters. The molecule has 1 aromatic carbocycles. The maximum Gasteiger partial charge on any atom is 0.411 e. The minimum absolute atomic E-state index is 0. The van der Waals surface area contributed by atoms with Crippen LogP contribution in [0.4, 0.5) is 10.5 Å². The van der Waals surface area contributed by atoms with E-state index in [0.717, 1.165) is 11.3 Å². The SMILES string of the molecule is CC.CC(C)(C)OC(=O)N1CC(=O)Nc2ccccc2C1.[HH]. The van der Waals surface area contributed by atoms with Crippen molar-refractivity contribution in [2.45, 2.75) is 46.8 Å². The van der Waals surface area contributed by atoms with Crippen LogP contribution in [0.2, 0.25) is 0 Å². The molecule has 0 aromatic heterocycles. The van der Waals surface area contributed by atoms with E-state index in [2.05, 4.69) is 5.32 Å². The van der Waals surface area contributed by atoms with Gasteiger partial charge >= 0.3 is 6.09 Å². The Hall–Kier alpha value is -2.04. The van der Waals surface area contributed by atoms with E-state index in [1.807, 2.05) is 38.1 Å². The van der Waals surface area contributed by atoms with Crippen LogP contribution in [0.15, 0.2) is 24.3 Å².